The monoisotopic (exact) mass is 278 g/mol. The predicted octanol–water partition coefficient (Wildman–Crippen LogP) is 1.41. The van der Waals surface area contributed by atoms with Gasteiger partial charge in [-0.3, -0.25) is 0 Å². The minimum absolute atomic E-state index is 0.0989. The van der Waals surface area contributed by atoms with Crippen LogP contribution in [-0.4, -0.2) is 26.7 Å². The van der Waals surface area contributed by atoms with Gasteiger partial charge in [-0.2, -0.15) is 0 Å². The normalized spacial score (nSPS) is 9.75. The summed E-state index contributed by atoms with van der Waals surface area (Å²) >= 11 is -0.0989. The Morgan fingerprint density at radius 1 is 1.33 bits per heavy atom. The number of carbonyl (C=O) groups is 1. The van der Waals surface area contributed by atoms with Crippen LogP contribution in [0.1, 0.15) is 13.3 Å². The second kappa shape index (κ2) is 5.35. The van der Waals surface area contributed by atoms with E-state index in [0.29, 0.717) is 5.78 Å². The van der Waals surface area contributed by atoms with Crippen molar-refractivity contribution in [2.45, 2.75) is 17.8 Å². The molecule has 0 saturated carbocycles. The molecule has 0 spiro atoms. The number of benzene rings is 1. The third-order valence-electron chi connectivity index (χ3n) is 1.47. The van der Waals surface area contributed by atoms with E-state index in [1.807, 2.05) is 6.07 Å². The average molecular weight is 276 g/mol. The zero-order chi connectivity index (χ0) is 8.81. The van der Waals surface area contributed by atoms with E-state index >= 15 is 0 Å². The molecule has 64 valence electrons. The topological polar surface area (TPSA) is 17.1 Å². The summed E-state index contributed by atoms with van der Waals surface area (Å²) in [4.78, 5) is 10.7. The quantitative estimate of drug-likeness (QED) is 0.760. The molecule has 0 unspecified atom stereocenters. The Morgan fingerprint density at radius 3 is 2.58 bits per heavy atom. The van der Waals surface area contributed by atoms with Crippen LogP contribution in [-0.2, 0) is 4.79 Å². The van der Waals surface area contributed by atoms with Gasteiger partial charge in [-0.15, -0.1) is 0 Å². The maximum absolute atomic E-state index is 10.7. The summed E-state index contributed by atoms with van der Waals surface area (Å²) in [5.41, 5.74) is 0. The van der Waals surface area contributed by atoms with Crippen LogP contribution in [0, 0.1) is 0 Å². The second-order valence-electron chi connectivity index (χ2n) is 2.61. The van der Waals surface area contributed by atoms with E-state index in [1.165, 1.54) is 3.61 Å². The first kappa shape index (κ1) is 9.77. The third-order valence-corrected chi connectivity index (χ3v) is 4.36. The fraction of sp³-hybridized carbons (Fsp3) is 0.300. The van der Waals surface area contributed by atoms with Gasteiger partial charge in [0.25, 0.3) is 0 Å². The Balaban J connectivity index is 2.29. The number of hydrogen-bond acceptors (Lipinski definition) is 1. The molecule has 0 amide bonds. The number of ketones is 1. The molecule has 0 aliphatic rings. The van der Waals surface area contributed by atoms with E-state index in [1.54, 1.807) is 6.92 Å². The molecule has 2 heteroatoms. The van der Waals surface area contributed by atoms with Gasteiger partial charge < -0.3 is 0 Å². The first-order valence-corrected chi connectivity index (χ1v) is 6.77. The van der Waals surface area contributed by atoms with Crippen molar-refractivity contribution in [2.75, 3.05) is 0 Å². The Bertz CT molecular complexity index is 243. The summed E-state index contributed by atoms with van der Waals surface area (Å²) < 4.78 is 2.55. The molecule has 1 aromatic rings. The summed E-state index contributed by atoms with van der Waals surface area (Å²) in [7, 11) is 0. The van der Waals surface area contributed by atoms with E-state index < -0.39 is 0 Å². The molecular formula is C10H12OTe. The fourth-order valence-electron chi connectivity index (χ4n) is 0.829. The van der Waals surface area contributed by atoms with E-state index in [2.05, 4.69) is 24.3 Å². The molecule has 1 aromatic carbocycles. The van der Waals surface area contributed by atoms with Crippen LogP contribution in [0.3, 0.4) is 0 Å². The van der Waals surface area contributed by atoms with Crippen molar-refractivity contribution in [2.24, 2.45) is 0 Å². The van der Waals surface area contributed by atoms with E-state index in [0.717, 1.165) is 10.9 Å². The Hall–Kier alpha value is -0.320. The van der Waals surface area contributed by atoms with Crippen molar-refractivity contribution in [3.05, 3.63) is 30.3 Å². The van der Waals surface area contributed by atoms with Crippen molar-refractivity contribution in [3.8, 4) is 0 Å². The molecular weight excluding hydrogens is 264 g/mol. The maximum atomic E-state index is 10.7. The van der Waals surface area contributed by atoms with Crippen LogP contribution in [0.5, 0.6) is 0 Å². The molecule has 0 saturated heterocycles. The van der Waals surface area contributed by atoms with Gasteiger partial charge in [0, 0.05) is 0 Å². The first-order chi connectivity index (χ1) is 5.79. The molecule has 0 aliphatic carbocycles. The van der Waals surface area contributed by atoms with Crippen molar-refractivity contribution in [1.82, 2.24) is 0 Å². The molecule has 0 N–H and O–H groups in total. The van der Waals surface area contributed by atoms with E-state index in [-0.39, 0.29) is 20.9 Å². The Labute approximate surface area is 83.3 Å². The standard InChI is InChI=1S/C10H12OTe/c1-9(11)7-8-12-10-5-3-2-4-6-10/h2-6H,7-8H2,1H3. The number of carbonyl (C=O) groups excluding carboxylic acids is 1. The molecule has 1 nitrogen and oxygen atoms in total. The molecule has 0 heterocycles. The van der Waals surface area contributed by atoms with Crippen LogP contribution in [0.4, 0.5) is 0 Å². The summed E-state index contributed by atoms with van der Waals surface area (Å²) in [5, 5.41) is 0. The molecule has 0 bridgehead atoms. The predicted molar refractivity (Wildman–Crippen MR) is 51.9 cm³/mol. The van der Waals surface area contributed by atoms with E-state index in [4.69, 9.17) is 0 Å². The molecule has 1 rings (SSSR count). The third kappa shape index (κ3) is 3.90. The van der Waals surface area contributed by atoms with Gasteiger partial charge in [-0.1, -0.05) is 0 Å². The Kier molecular flexibility index (Phi) is 4.35. The molecule has 0 aliphatic heterocycles. The molecule has 12 heavy (non-hydrogen) atoms. The van der Waals surface area contributed by atoms with Crippen LogP contribution < -0.4 is 3.61 Å². The van der Waals surface area contributed by atoms with Crippen LogP contribution in [0.15, 0.2) is 30.3 Å². The number of Topliss-reactive ketones (excluding diaryl/α,β-unsaturated/α-hetero) is 1. The minimum atomic E-state index is -0.0989. The molecule has 0 atom stereocenters. The molecule has 0 radical (unpaired) electrons. The van der Waals surface area contributed by atoms with Gasteiger partial charge in [0.05, 0.1) is 0 Å². The van der Waals surface area contributed by atoms with Gasteiger partial charge >= 0.3 is 83.3 Å². The zero-order valence-electron chi connectivity index (χ0n) is 7.12. The SMILES string of the molecule is CC(=O)CC[Te]c1ccccc1. The Morgan fingerprint density at radius 2 is 2.00 bits per heavy atom. The van der Waals surface area contributed by atoms with Crippen molar-refractivity contribution in [1.29, 1.82) is 0 Å². The second-order valence-corrected chi connectivity index (χ2v) is 5.95. The summed E-state index contributed by atoms with van der Waals surface area (Å²) in [6.45, 7) is 1.66. The molecule has 0 fully saturated rings. The van der Waals surface area contributed by atoms with Crippen molar-refractivity contribution < 1.29 is 4.79 Å². The van der Waals surface area contributed by atoms with E-state index in [9.17, 15) is 4.79 Å². The average Bonchev–Trinajstić information content (AvgIpc) is 2.05. The van der Waals surface area contributed by atoms with Crippen LogP contribution in [0.25, 0.3) is 0 Å². The van der Waals surface area contributed by atoms with Crippen molar-refractivity contribution >= 4 is 30.3 Å². The summed E-state index contributed by atoms with van der Waals surface area (Å²) in [6, 6.07) is 10.5. The van der Waals surface area contributed by atoms with Gasteiger partial charge in [-0.25, -0.2) is 0 Å². The number of rotatable bonds is 4. The summed E-state index contributed by atoms with van der Waals surface area (Å²) in [6.07, 6.45) is 0.761. The zero-order valence-corrected chi connectivity index (χ0v) is 9.45. The molecule has 0 aromatic heterocycles. The van der Waals surface area contributed by atoms with Gasteiger partial charge in [0.1, 0.15) is 0 Å². The van der Waals surface area contributed by atoms with Gasteiger partial charge in [0.2, 0.25) is 0 Å². The number of hydrogen-bond donors (Lipinski definition) is 0. The van der Waals surface area contributed by atoms with Gasteiger partial charge in [-0.05, 0) is 0 Å². The summed E-state index contributed by atoms with van der Waals surface area (Å²) in [5.74, 6) is 0.316. The van der Waals surface area contributed by atoms with Crippen LogP contribution in [0.2, 0.25) is 4.47 Å². The fourth-order valence-corrected chi connectivity index (χ4v) is 3.61. The first-order valence-electron chi connectivity index (χ1n) is 3.96. The van der Waals surface area contributed by atoms with Crippen molar-refractivity contribution in [3.63, 3.8) is 0 Å². The van der Waals surface area contributed by atoms with Gasteiger partial charge in [0.15, 0.2) is 0 Å². The van der Waals surface area contributed by atoms with Crippen LogP contribution >= 0.6 is 0 Å².